The van der Waals surface area contributed by atoms with Crippen molar-refractivity contribution in [3.63, 3.8) is 0 Å². The number of ether oxygens (including phenoxy) is 2. The molecule has 168 valence electrons. The number of hydrogen-bond acceptors (Lipinski definition) is 5. The van der Waals surface area contributed by atoms with E-state index in [2.05, 4.69) is 0 Å². The Balaban J connectivity index is 1.74. The summed E-state index contributed by atoms with van der Waals surface area (Å²) in [4.78, 5) is 14.7. The molecule has 0 bridgehead atoms. The van der Waals surface area contributed by atoms with Crippen molar-refractivity contribution in [2.24, 2.45) is 0 Å². The fraction of sp³-hybridized carbons (Fsp3) is 0.435. The number of carbonyl (C=O) groups is 1. The van der Waals surface area contributed by atoms with Crippen molar-refractivity contribution in [1.82, 2.24) is 4.90 Å². The van der Waals surface area contributed by atoms with Crippen molar-refractivity contribution in [3.05, 3.63) is 58.1 Å². The SMILES string of the molecule is CCOc1ccc(CN(C(=O)COc2cc(C)c(Cl)c(C)c2)C2CCS(=O)(=O)C2)cc1. The van der Waals surface area contributed by atoms with Crippen LogP contribution in [0.15, 0.2) is 36.4 Å². The molecule has 6 nitrogen and oxygen atoms in total. The maximum absolute atomic E-state index is 13.1. The van der Waals surface area contributed by atoms with Crippen LogP contribution in [-0.4, -0.2) is 50.0 Å². The molecule has 1 aliphatic rings. The maximum Gasteiger partial charge on any atom is 0.261 e. The van der Waals surface area contributed by atoms with Gasteiger partial charge in [0.25, 0.3) is 5.91 Å². The van der Waals surface area contributed by atoms with Crippen molar-refractivity contribution in [2.45, 2.75) is 39.8 Å². The van der Waals surface area contributed by atoms with Crippen LogP contribution in [-0.2, 0) is 21.2 Å². The van der Waals surface area contributed by atoms with E-state index in [1.54, 1.807) is 17.0 Å². The lowest BCUT2D eigenvalue weighted by Crippen LogP contribution is -2.43. The summed E-state index contributed by atoms with van der Waals surface area (Å²) in [7, 11) is -3.13. The highest BCUT2D eigenvalue weighted by atomic mass is 35.5. The van der Waals surface area contributed by atoms with Gasteiger partial charge in [-0.05, 0) is 68.1 Å². The van der Waals surface area contributed by atoms with Gasteiger partial charge in [-0.25, -0.2) is 8.42 Å². The van der Waals surface area contributed by atoms with Gasteiger partial charge < -0.3 is 14.4 Å². The molecule has 0 spiro atoms. The maximum atomic E-state index is 13.1. The third-order valence-electron chi connectivity index (χ3n) is 5.33. The Labute approximate surface area is 189 Å². The zero-order valence-corrected chi connectivity index (χ0v) is 19.6. The average molecular weight is 466 g/mol. The van der Waals surface area contributed by atoms with Gasteiger partial charge in [0.05, 0.1) is 18.1 Å². The molecule has 0 saturated carbocycles. The monoisotopic (exact) mass is 465 g/mol. The number of nitrogens with zero attached hydrogens (tertiary/aromatic N) is 1. The first kappa shape index (κ1) is 23.4. The normalized spacial score (nSPS) is 17.4. The van der Waals surface area contributed by atoms with Crippen LogP contribution >= 0.6 is 11.6 Å². The summed E-state index contributed by atoms with van der Waals surface area (Å²) in [6.07, 6.45) is 0.435. The predicted molar refractivity (Wildman–Crippen MR) is 122 cm³/mol. The van der Waals surface area contributed by atoms with E-state index in [-0.39, 0.29) is 30.1 Å². The Morgan fingerprint density at radius 2 is 1.74 bits per heavy atom. The molecule has 1 amide bonds. The van der Waals surface area contributed by atoms with Crippen LogP contribution in [0.4, 0.5) is 0 Å². The molecule has 0 N–H and O–H groups in total. The van der Waals surface area contributed by atoms with Gasteiger partial charge in [-0.15, -0.1) is 0 Å². The minimum Gasteiger partial charge on any atom is -0.494 e. The molecule has 1 saturated heterocycles. The van der Waals surface area contributed by atoms with E-state index in [1.807, 2.05) is 45.0 Å². The Morgan fingerprint density at radius 3 is 2.29 bits per heavy atom. The molecule has 1 unspecified atom stereocenters. The highest BCUT2D eigenvalue weighted by Crippen LogP contribution is 2.26. The average Bonchev–Trinajstić information content (AvgIpc) is 3.09. The molecular formula is C23H28ClNO5S. The molecule has 31 heavy (non-hydrogen) atoms. The Morgan fingerprint density at radius 1 is 1.10 bits per heavy atom. The van der Waals surface area contributed by atoms with E-state index < -0.39 is 9.84 Å². The Bertz CT molecular complexity index is 1010. The van der Waals surface area contributed by atoms with Gasteiger partial charge in [0.2, 0.25) is 0 Å². The van der Waals surface area contributed by atoms with E-state index in [0.29, 0.717) is 30.3 Å². The van der Waals surface area contributed by atoms with Crippen LogP contribution in [0.25, 0.3) is 0 Å². The van der Waals surface area contributed by atoms with Gasteiger partial charge in [-0.3, -0.25) is 4.79 Å². The molecule has 1 fully saturated rings. The smallest absolute Gasteiger partial charge is 0.261 e. The zero-order chi connectivity index (χ0) is 22.6. The number of amides is 1. The van der Waals surface area contributed by atoms with Gasteiger partial charge in [0.1, 0.15) is 11.5 Å². The third kappa shape index (κ3) is 6.14. The van der Waals surface area contributed by atoms with E-state index in [1.165, 1.54) is 0 Å². The van der Waals surface area contributed by atoms with Gasteiger partial charge in [-0.1, -0.05) is 23.7 Å². The van der Waals surface area contributed by atoms with E-state index in [0.717, 1.165) is 22.4 Å². The minimum absolute atomic E-state index is 0.0189. The number of hydrogen-bond donors (Lipinski definition) is 0. The highest BCUT2D eigenvalue weighted by Gasteiger charge is 2.34. The number of rotatable bonds is 8. The van der Waals surface area contributed by atoms with Crippen molar-refractivity contribution < 1.29 is 22.7 Å². The Hall–Kier alpha value is -2.25. The molecule has 1 atom stereocenters. The molecule has 0 aromatic heterocycles. The summed E-state index contributed by atoms with van der Waals surface area (Å²) >= 11 is 6.20. The van der Waals surface area contributed by atoms with Gasteiger partial charge in [0, 0.05) is 17.6 Å². The number of carbonyl (C=O) groups excluding carboxylic acids is 1. The summed E-state index contributed by atoms with van der Waals surface area (Å²) in [6, 6.07) is 10.7. The summed E-state index contributed by atoms with van der Waals surface area (Å²) in [5.41, 5.74) is 2.65. The van der Waals surface area contributed by atoms with Crippen LogP contribution < -0.4 is 9.47 Å². The van der Waals surface area contributed by atoms with Crippen LogP contribution in [0.5, 0.6) is 11.5 Å². The largest absolute Gasteiger partial charge is 0.494 e. The molecule has 0 radical (unpaired) electrons. The number of sulfone groups is 1. The second-order valence-electron chi connectivity index (χ2n) is 7.82. The predicted octanol–water partition coefficient (Wildman–Crippen LogP) is 3.95. The summed E-state index contributed by atoms with van der Waals surface area (Å²) in [6.45, 7) is 6.39. The van der Waals surface area contributed by atoms with Gasteiger partial charge in [0.15, 0.2) is 16.4 Å². The lowest BCUT2D eigenvalue weighted by atomic mass is 10.1. The number of aryl methyl sites for hydroxylation is 2. The second kappa shape index (κ2) is 9.92. The first-order valence-electron chi connectivity index (χ1n) is 10.3. The minimum atomic E-state index is -3.13. The van der Waals surface area contributed by atoms with Crippen LogP contribution in [0.1, 0.15) is 30.0 Å². The van der Waals surface area contributed by atoms with Crippen LogP contribution in [0.2, 0.25) is 5.02 Å². The topological polar surface area (TPSA) is 72.9 Å². The molecule has 0 aliphatic carbocycles. The fourth-order valence-electron chi connectivity index (χ4n) is 3.71. The molecule has 2 aromatic carbocycles. The lowest BCUT2D eigenvalue weighted by Gasteiger charge is -2.28. The van der Waals surface area contributed by atoms with Gasteiger partial charge in [-0.2, -0.15) is 0 Å². The lowest BCUT2D eigenvalue weighted by molar-refractivity contribution is -0.136. The first-order chi connectivity index (χ1) is 14.7. The van der Waals surface area contributed by atoms with Crippen molar-refractivity contribution in [1.29, 1.82) is 0 Å². The van der Waals surface area contributed by atoms with Crippen molar-refractivity contribution in [3.8, 4) is 11.5 Å². The summed E-state index contributed by atoms with van der Waals surface area (Å²) in [5.74, 6) is 1.15. The van der Waals surface area contributed by atoms with Crippen molar-refractivity contribution in [2.75, 3.05) is 24.7 Å². The molecule has 1 heterocycles. The molecule has 3 rings (SSSR count). The summed E-state index contributed by atoms with van der Waals surface area (Å²) in [5, 5.41) is 0.673. The highest BCUT2D eigenvalue weighted by molar-refractivity contribution is 7.91. The number of halogens is 1. The standard InChI is InChI=1S/C23H28ClNO5S/c1-4-29-20-7-5-18(6-8-20)13-25(19-9-10-31(27,28)15-19)22(26)14-30-21-11-16(2)23(24)17(3)12-21/h5-8,11-12,19H,4,9-10,13-15H2,1-3H3. The van der Waals surface area contributed by atoms with E-state index in [9.17, 15) is 13.2 Å². The second-order valence-corrected chi connectivity index (χ2v) is 10.4. The first-order valence-corrected chi connectivity index (χ1v) is 12.5. The zero-order valence-electron chi connectivity index (χ0n) is 18.1. The van der Waals surface area contributed by atoms with Crippen molar-refractivity contribution >= 4 is 27.3 Å². The van der Waals surface area contributed by atoms with Crippen LogP contribution in [0.3, 0.4) is 0 Å². The Kier molecular flexibility index (Phi) is 7.49. The van der Waals surface area contributed by atoms with E-state index >= 15 is 0 Å². The third-order valence-corrected chi connectivity index (χ3v) is 7.68. The molecule has 1 aliphatic heterocycles. The molecule has 8 heteroatoms. The van der Waals surface area contributed by atoms with E-state index in [4.69, 9.17) is 21.1 Å². The molecule has 2 aromatic rings. The fourth-order valence-corrected chi connectivity index (χ4v) is 5.55. The van der Waals surface area contributed by atoms with Gasteiger partial charge >= 0.3 is 0 Å². The van der Waals surface area contributed by atoms with Crippen LogP contribution in [0, 0.1) is 13.8 Å². The summed E-state index contributed by atoms with van der Waals surface area (Å²) < 4.78 is 35.3. The quantitative estimate of drug-likeness (QED) is 0.590. The molecular weight excluding hydrogens is 438 g/mol. The number of benzene rings is 2.